The van der Waals surface area contributed by atoms with E-state index in [-0.39, 0.29) is 17.7 Å². The molecule has 1 atom stereocenters. The fourth-order valence-corrected chi connectivity index (χ4v) is 2.68. The van der Waals surface area contributed by atoms with Crippen molar-refractivity contribution in [2.75, 3.05) is 12.8 Å². The lowest BCUT2D eigenvalue weighted by atomic mass is 10.0. The molecule has 0 radical (unpaired) electrons. The van der Waals surface area contributed by atoms with E-state index < -0.39 is 0 Å². The zero-order valence-corrected chi connectivity index (χ0v) is 7.56. The first kappa shape index (κ1) is 7.86. The molecule has 0 N–H and O–H groups in total. The van der Waals surface area contributed by atoms with Crippen LogP contribution in [-0.2, 0) is 9.59 Å². The Labute approximate surface area is 74.8 Å². The van der Waals surface area contributed by atoms with Gasteiger partial charge in [-0.1, -0.05) is 0 Å². The van der Waals surface area contributed by atoms with Crippen molar-refractivity contribution < 1.29 is 9.59 Å². The highest BCUT2D eigenvalue weighted by Gasteiger charge is 2.36. The average molecular weight is 183 g/mol. The predicted molar refractivity (Wildman–Crippen MR) is 46.4 cm³/mol. The standard InChI is InChI=1S/C8H9NO2S/c1-9-7(10)4-6-5(8(9)11)2-3-12-6/h4-5H,2-3H2,1H3. The lowest BCUT2D eigenvalue weighted by Gasteiger charge is -2.23. The number of carbonyl (C=O) groups is 2. The van der Waals surface area contributed by atoms with E-state index in [9.17, 15) is 9.59 Å². The van der Waals surface area contributed by atoms with Crippen LogP contribution in [0.5, 0.6) is 0 Å². The highest BCUT2D eigenvalue weighted by Crippen LogP contribution is 2.39. The molecule has 0 spiro atoms. The molecule has 1 unspecified atom stereocenters. The van der Waals surface area contributed by atoms with E-state index in [0.717, 1.165) is 17.1 Å². The second-order valence-electron chi connectivity index (χ2n) is 2.97. The van der Waals surface area contributed by atoms with Gasteiger partial charge in [-0.25, -0.2) is 0 Å². The van der Waals surface area contributed by atoms with Gasteiger partial charge in [0.2, 0.25) is 5.91 Å². The van der Waals surface area contributed by atoms with Crippen LogP contribution in [0.25, 0.3) is 0 Å². The van der Waals surface area contributed by atoms with Gasteiger partial charge in [-0.15, -0.1) is 11.8 Å². The number of imide groups is 1. The first-order valence-corrected chi connectivity index (χ1v) is 4.84. The molecule has 0 aliphatic carbocycles. The molecule has 2 aliphatic heterocycles. The second-order valence-corrected chi connectivity index (χ2v) is 4.14. The minimum atomic E-state index is -0.180. The summed E-state index contributed by atoms with van der Waals surface area (Å²) in [7, 11) is 1.54. The van der Waals surface area contributed by atoms with E-state index in [2.05, 4.69) is 0 Å². The SMILES string of the molecule is CN1C(=O)C=C2SCCC2C1=O. The van der Waals surface area contributed by atoms with Crippen LogP contribution in [-0.4, -0.2) is 29.5 Å². The summed E-state index contributed by atoms with van der Waals surface area (Å²) in [4.78, 5) is 24.8. The van der Waals surface area contributed by atoms with Crippen LogP contribution < -0.4 is 0 Å². The molecule has 0 bridgehead atoms. The number of amides is 2. The summed E-state index contributed by atoms with van der Waals surface area (Å²) in [5.41, 5.74) is 0. The Morgan fingerprint density at radius 1 is 1.58 bits per heavy atom. The van der Waals surface area contributed by atoms with Crippen LogP contribution in [0.2, 0.25) is 0 Å². The van der Waals surface area contributed by atoms with E-state index in [1.54, 1.807) is 24.9 Å². The normalized spacial score (nSPS) is 28.9. The van der Waals surface area contributed by atoms with Gasteiger partial charge < -0.3 is 0 Å². The predicted octanol–water partition coefficient (Wildman–Crippen LogP) is 0.622. The van der Waals surface area contributed by atoms with E-state index >= 15 is 0 Å². The number of hydrogen-bond donors (Lipinski definition) is 0. The number of rotatable bonds is 0. The van der Waals surface area contributed by atoms with Crippen molar-refractivity contribution in [2.24, 2.45) is 5.92 Å². The molecular formula is C8H9NO2S. The lowest BCUT2D eigenvalue weighted by Crippen LogP contribution is -2.39. The monoisotopic (exact) mass is 183 g/mol. The molecule has 2 aliphatic rings. The fraction of sp³-hybridized carbons (Fsp3) is 0.500. The number of thioether (sulfide) groups is 1. The molecule has 0 aromatic heterocycles. The van der Waals surface area contributed by atoms with Gasteiger partial charge >= 0.3 is 0 Å². The van der Waals surface area contributed by atoms with E-state index in [1.165, 1.54) is 4.90 Å². The first-order valence-electron chi connectivity index (χ1n) is 3.86. The summed E-state index contributed by atoms with van der Waals surface area (Å²) < 4.78 is 0. The smallest absolute Gasteiger partial charge is 0.253 e. The number of nitrogens with zero attached hydrogens (tertiary/aromatic N) is 1. The molecule has 4 heteroatoms. The number of carbonyl (C=O) groups excluding carboxylic acids is 2. The van der Waals surface area contributed by atoms with Gasteiger partial charge in [0, 0.05) is 18.0 Å². The molecule has 2 rings (SSSR count). The molecule has 64 valence electrons. The minimum Gasteiger partial charge on any atom is -0.282 e. The maximum Gasteiger partial charge on any atom is 0.253 e. The lowest BCUT2D eigenvalue weighted by molar-refractivity contribution is -0.143. The van der Waals surface area contributed by atoms with Crippen LogP contribution >= 0.6 is 11.8 Å². The molecule has 3 nitrogen and oxygen atoms in total. The molecule has 0 aromatic carbocycles. The van der Waals surface area contributed by atoms with Crippen molar-refractivity contribution in [1.29, 1.82) is 0 Å². The quantitative estimate of drug-likeness (QED) is 0.517. The molecule has 12 heavy (non-hydrogen) atoms. The van der Waals surface area contributed by atoms with Gasteiger partial charge in [0.05, 0.1) is 5.92 Å². The maximum absolute atomic E-state index is 11.5. The topological polar surface area (TPSA) is 37.4 Å². The highest BCUT2D eigenvalue weighted by atomic mass is 32.2. The van der Waals surface area contributed by atoms with Crippen LogP contribution in [0.1, 0.15) is 6.42 Å². The van der Waals surface area contributed by atoms with Crippen molar-refractivity contribution in [1.82, 2.24) is 4.90 Å². The van der Waals surface area contributed by atoms with E-state index in [4.69, 9.17) is 0 Å². The number of fused-ring (bicyclic) bond motifs is 1. The van der Waals surface area contributed by atoms with E-state index in [0.29, 0.717) is 0 Å². The van der Waals surface area contributed by atoms with Crippen molar-refractivity contribution in [3.05, 3.63) is 11.0 Å². The molecule has 1 fully saturated rings. The average Bonchev–Trinajstić information content (AvgIpc) is 2.48. The number of likely N-dealkylation sites (N-methyl/N-ethyl adjacent to an activating group) is 1. The van der Waals surface area contributed by atoms with Gasteiger partial charge in [-0.05, 0) is 12.2 Å². The summed E-state index contributed by atoms with van der Waals surface area (Å²) in [5, 5.41) is 0. The van der Waals surface area contributed by atoms with Crippen LogP contribution in [0.4, 0.5) is 0 Å². The molecule has 2 amide bonds. The summed E-state index contributed by atoms with van der Waals surface area (Å²) in [6, 6.07) is 0. The van der Waals surface area contributed by atoms with Gasteiger partial charge in [0.1, 0.15) is 0 Å². The van der Waals surface area contributed by atoms with Gasteiger partial charge in [-0.3, -0.25) is 14.5 Å². The molecule has 1 saturated heterocycles. The largest absolute Gasteiger partial charge is 0.282 e. The maximum atomic E-state index is 11.5. The Hall–Kier alpha value is -0.770. The Balaban J connectivity index is 2.38. The van der Waals surface area contributed by atoms with Crippen LogP contribution in [0.15, 0.2) is 11.0 Å². The molecule has 0 saturated carbocycles. The first-order chi connectivity index (χ1) is 5.70. The third-order valence-electron chi connectivity index (χ3n) is 2.24. The third kappa shape index (κ3) is 0.982. The zero-order chi connectivity index (χ0) is 8.72. The molecule has 2 heterocycles. The minimum absolute atomic E-state index is 0.0160. The highest BCUT2D eigenvalue weighted by molar-refractivity contribution is 8.03. The number of hydrogen-bond acceptors (Lipinski definition) is 3. The van der Waals surface area contributed by atoms with Gasteiger partial charge in [0.25, 0.3) is 5.91 Å². The summed E-state index contributed by atoms with van der Waals surface area (Å²) >= 11 is 1.63. The van der Waals surface area contributed by atoms with Gasteiger partial charge in [0.15, 0.2) is 0 Å². The Morgan fingerprint density at radius 2 is 2.33 bits per heavy atom. The summed E-state index contributed by atoms with van der Waals surface area (Å²) in [5.74, 6) is 0.726. The molecular weight excluding hydrogens is 174 g/mol. The van der Waals surface area contributed by atoms with Crippen molar-refractivity contribution in [2.45, 2.75) is 6.42 Å². The van der Waals surface area contributed by atoms with Crippen LogP contribution in [0, 0.1) is 5.92 Å². The third-order valence-corrected chi connectivity index (χ3v) is 3.42. The van der Waals surface area contributed by atoms with Gasteiger partial charge in [-0.2, -0.15) is 0 Å². The Kier molecular flexibility index (Phi) is 1.72. The Morgan fingerprint density at radius 3 is 3.08 bits per heavy atom. The van der Waals surface area contributed by atoms with Crippen molar-refractivity contribution >= 4 is 23.6 Å². The van der Waals surface area contributed by atoms with E-state index in [1.807, 2.05) is 0 Å². The Bertz CT molecular complexity index is 285. The fourth-order valence-electron chi connectivity index (χ4n) is 1.49. The summed E-state index contributed by atoms with van der Waals surface area (Å²) in [6.45, 7) is 0. The molecule has 0 aromatic rings. The van der Waals surface area contributed by atoms with Crippen molar-refractivity contribution in [3.8, 4) is 0 Å². The van der Waals surface area contributed by atoms with Crippen molar-refractivity contribution in [3.63, 3.8) is 0 Å². The second kappa shape index (κ2) is 2.62. The summed E-state index contributed by atoms with van der Waals surface area (Å²) in [6.07, 6.45) is 2.47. The van der Waals surface area contributed by atoms with Crippen LogP contribution in [0.3, 0.4) is 0 Å². The zero-order valence-electron chi connectivity index (χ0n) is 6.74.